The van der Waals surface area contributed by atoms with Crippen LogP contribution in [0.2, 0.25) is 0 Å². The molecule has 0 bridgehead atoms. The molecule has 7 heteroatoms. The molecule has 0 aliphatic heterocycles. The summed E-state index contributed by atoms with van der Waals surface area (Å²) in [5.41, 5.74) is 0.0254. The van der Waals surface area contributed by atoms with Gasteiger partial charge in [-0.2, -0.15) is 0 Å². The summed E-state index contributed by atoms with van der Waals surface area (Å²) in [7, 11) is -1.64. The van der Waals surface area contributed by atoms with Crippen LogP contribution in [0.5, 0.6) is 0 Å². The van der Waals surface area contributed by atoms with Gasteiger partial charge in [0.15, 0.2) is 5.78 Å². The highest BCUT2D eigenvalue weighted by Crippen LogP contribution is 2.15. The van der Waals surface area contributed by atoms with E-state index in [9.17, 15) is 23.5 Å². The third-order valence-electron chi connectivity index (χ3n) is 2.72. The van der Waals surface area contributed by atoms with Crippen LogP contribution in [0.3, 0.4) is 0 Å². The fourth-order valence-corrected chi connectivity index (χ4v) is 2.68. The minimum absolute atomic E-state index is 0.118. The van der Waals surface area contributed by atoms with Crippen LogP contribution in [0.4, 0.5) is 10.1 Å². The van der Waals surface area contributed by atoms with Crippen molar-refractivity contribution in [3.05, 3.63) is 70.0 Å². The minimum atomic E-state index is -1.64. The highest BCUT2D eigenvalue weighted by Gasteiger charge is 2.14. The number of non-ortho nitro benzene ring substituents is 1. The van der Waals surface area contributed by atoms with Crippen LogP contribution in [0.25, 0.3) is 0 Å². The van der Waals surface area contributed by atoms with E-state index < -0.39 is 27.3 Å². The van der Waals surface area contributed by atoms with E-state index in [-0.39, 0.29) is 17.0 Å². The summed E-state index contributed by atoms with van der Waals surface area (Å²) in [6.07, 6.45) is 0. The fraction of sp³-hybridized carbons (Fsp3) is 0.0714. The quantitative estimate of drug-likeness (QED) is 0.483. The number of benzene rings is 2. The number of nitro groups is 1. The number of hydrogen-bond acceptors (Lipinski definition) is 4. The highest BCUT2D eigenvalue weighted by molar-refractivity contribution is 7.85. The van der Waals surface area contributed by atoms with Gasteiger partial charge in [-0.05, 0) is 24.3 Å². The summed E-state index contributed by atoms with van der Waals surface area (Å²) < 4.78 is 25.0. The molecule has 108 valence electrons. The Morgan fingerprint density at radius 3 is 2.43 bits per heavy atom. The Morgan fingerprint density at radius 2 is 1.86 bits per heavy atom. The first-order valence-electron chi connectivity index (χ1n) is 5.89. The lowest BCUT2D eigenvalue weighted by Crippen LogP contribution is -2.11. The van der Waals surface area contributed by atoms with E-state index in [1.54, 1.807) is 0 Å². The normalized spacial score (nSPS) is 11.9. The van der Waals surface area contributed by atoms with E-state index in [0.29, 0.717) is 4.90 Å². The van der Waals surface area contributed by atoms with E-state index in [1.165, 1.54) is 42.5 Å². The number of hydrogen-bond donors (Lipinski definition) is 0. The molecule has 0 aliphatic rings. The molecule has 0 saturated carbocycles. The van der Waals surface area contributed by atoms with Gasteiger partial charge in [0.25, 0.3) is 5.69 Å². The van der Waals surface area contributed by atoms with E-state index in [0.717, 1.165) is 6.07 Å². The second kappa shape index (κ2) is 6.36. The molecule has 0 heterocycles. The van der Waals surface area contributed by atoms with E-state index in [4.69, 9.17) is 0 Å². The van der Waals surface area contributed by atoms with Crippen molar-refractivity contribution in [2.75, 3.05) is 5.75 Å². The van der Waals surface area contributed by atoms with E-state index >= 15 is 0 Å². The van der Waals surface area contributed by atoms with Crippen molar-refractivity contribution in [2.24, 2.45) is 0 Å². The number of nitro benzene ring substituents is 1. The van der Waals surface area contributed by atoms with Gasteiger partial charge in [-0.1, -0.05) is 12.1 Å². The van der Waals surface area contributed by atoms with Crippen molar-refractivity contribution in [3.8, 4) is 0 Å². The molecule has 1 unspecified atom stereocenters. The smallest absolute Gasteiger partial charge is 0.269 e. The number of rotatable bonds is 5. The Hall–Kier alpha value is -2.41. The number of nitrogens with zero attached hydrogens (tertiary/aromatic N) is 1. The molecule has 0 aliphatic carbocycles. The van der Waals surface area contributed by atoms with Crippen LogP contribution < -0.4 is 0 Å². The molecule has 2 aromatic carbocycles. The second-order valence-corrected chi connectivity index (χ2v) is 5.63. The third-order valence-corrected chi connectivity index (χ3v) is 4.04. The Kier molecular flexibility index (Phi) is 4.54. The molecule has 0 fully saturated rings. The Morgan fingerprint density at radius 1 is 1.19 bits per heavy atom. The first-order chi connectivity index (χ1) is 9.97. The van der Waals surface area contributed by atoms with Crippen molar-refractivity contribution in [1.82, 2.24) is 0 Å². The summed E-state index contributed by atoms with van der Waals surface area (Å²) in [6, 6.07) is 10.3. The number of carbonyl (C=O) groups excluding carboxylic acids is 1. The minimum Gasteiger partial charge on any atom is -0.293 e. The van der Waals surface area contributed by atoms with Gasteiger partial charge < -0.3 is 0 Å². The monoisotopic (exact) mass is 307 g/mol. The highest BCUT2D eigenvalue weighted by atomic mass is 32.2. The molecule has 2 rings (SSSR count). The number of halogens is 1. The van der Waals surface area contributed by atoms with Crippen molar-refractivity contribution in [2.45, 2.75) is 4.90 Å². The maximum Gasteiger partial charge on any atom is 0.269 e. The van der Waals surface area contributed by atoms with Gasteiger partial charge >= 0.3 is 0 Å². The molecule has 5 nitrogen and oxygen atoms in total. The van der Waals surface area contributed by atoms with Gasteiger partial charge in [-0.15, -0.1) is 0 Å². The van der Waals surface area contributed by atoms with Crippen molar-refractivity contribution in [3.63, 3.8) is 0 Å². The largest absolute Gasteiger partial charge is 0.293 e. The Balaban J connectivity index is 2.10. The van der Waals surface area contributed by atoms with Gasteiger partial charge in [0.05, 0.1) is 21.5 Å². The lowest BCUT2D eigenvalue weighted by molar-refractivity contribution is -0.384. The molecule has 0 saturated heterocycles. The Labute approximate surface area is 122 Å². The van der Waals surface area contributed by atoms with Crippen LogP contribution in [0.15, 0.2) is 53.4 Å². The van der Waals surface area contributed by atoms with Crippen LogP contribution >= 0.6 is 0 Å². The lowest BCUT2D eigenvalue weighted by atomic mass is 10.1. The maximum atomic E-state index is 13.0. The topological polar surface area (TPSA) is 77.3 Å². The van der Waals surface area contributed by atoms with Crippen LogP contribution in [0.1, 0.15) is 10.4 Å². The van der Waals surface area contributed by atoms with E-state index in [2.05, 4.69) is 0 Å². The molecule has 0 amide bonds. The number of carbonyl (C=O) groups is 1. The molecule has 0 aromatic heterocycles. The molecular weight excluding hydrogens is 297 g/mol. The lowest BCUT2D eigenvalue weighted by Gasteiger charge is -2.02. The zero-order chi connectivity index (χ0) is 15.4. The van der Waals surface area contributed by atoms with Crippen molar-refractivity contribution < 1.29 is 18.3 Å². The predicted octanol–water partition coefficient (Wildman–Crippen LogP) is 2.72. The molecule has 0 N–H and O–H groups in total. The third kappa shape index (κ3) is 3.79. The molecular formula is C14H10FNO4S. The predicted molar refractivity (Wildman–Crippen MR) is 75.1 cm³/mol. The summed E-state index contributed by atoms with van der Waals surface area (Å²) >= 11 is 0. The first-order valence-corrected chi connectivity index (χ1v) is 7.21. The SMILES string of the molecule is O=C(CS(=O)c1ccc([N+](=O)[O-])cc1)c1cccc(F)c1. The Bertz CT molecular complexity index is 715. The van der Waals surface area contributed by atoms with Gasteiger partial charge in [0.1, 0.15) is 5.82 Å². The number of ketones is 1. The maximum absolute atomic E-state index is 13.0. The fourth-order valence-electron chi connectivity index (χ4n) is 1.67. The van der Waals surface area contributed by atoms with Crippen molar-refractivity contribution >= 4 is 22.3 Å². The molecule has 21 heavy (non-hydrogen) atoms. The van der Waals surface area contributed by atoms with Crippen LogP contribution in [-0.2, 0) is 10.8 Å². The molecule has 1 atom stereocenters. The molecule has 0 radical (unpaired) electrons. The van der Waals surface area contributed by atoms with E-state index in [1.807, 2.05) is 0 Å². The van der Waals surface area contributed by atoms with Gasteiger partial charge in [0, 0.05) is 22.6 Å². The zero-order valence-electron chi connectivity index (χ0n) is 10.7. The summed E-state index contributed by atoms with van der Waals surface area (Å²) in [5, 5.41) is 10.5. The van der Waals surface area contributed by atoms with Gasteiger partial charge in [-0.25, -0.2) is 4.39 Å². The number of Topliss-reactive ketones (excluding diaryl/α,β-unsaturated/α-hetero) is 1. The molecule has 2 aromatic rings. The first kappa shape index (κ1) is 15.0. The second-order valence-electron chi connectivity index (χ2n) is 4.17. The summed E-state index contributed by atoms with van der Waals surface area (Å²) in [5.74, 6) is -1.30. The van der Waals surface area contributed by atoms with Gasteiger partial charge in [-0.3, -0.25) is 19.1 Å². The van der Waals surface area contributed by atoms with Gasteiger partial charge in [0.2, 0.25) is 0 Å². The van der Waals surface area contributed by atoms with Crippen molar-refractivity contribution in [1.29, 1.82) is 0 Å². The standard InChI is InChI=1S/C14H10FNO4S/c15-11-3-1-2-10(8-11)14(17)9-21(20)13-6-4-12(5-7-13)16(18)19/h1-8H,9H2. The zero-order valence-corrected chi connectivity index (χ0v) is 11.5. The van der Waals surface area contributed by atoms with Crippen LogP contribution in [0, 0.1) is 15.9 Å². The van der Waals surface area contributed by atoms with Crippen LogP contribution in [-0.4, -0.2) is 20.7 Å². The summed E-state index contributed by atoms with van der Waals surface area (Å²) in [6.45, 7) is 0. The average molecular weight is 307 g/mol. The molecule has 0 spiro atoms. The average Bonchev–Trinajstić information content (AvgIpc) is 2.47. The summed E-state index contributed by atoms with van der Waals surface area (Å²) in [4.78, 5) is 22.2.